The predicted octanol–water partition coefficient (Wildman–Crippen LogP) is 5.64. The van der Waals surface area contributed by atoms with Crippen molar-refractivity contribution >= 4 is 23.2 Å². The van der Waals surface area contributed by atoms with Gasteiger partial charge in [-0.3, -0.25) is 0 Å². The zero-order chi connectivity index (χ0) is 14.7. The number of thiocarbonyl (C=S) groups is 1. The fourth-order valence-corrected chi connectivity index (χ4v) is 3.38. The van der Waals surface area contributed by atoms with E-state index in [1.807, 2.05) is 0 Å². The van der Waals surface area contributed by atoms with Gasteiger partial charge in [-0.05, 0) is 45.5 Å². The minimum Gasteiger partial charge on any atom is -0.0893 e. The number of hydrogen-bond donors (Lipinski definition) is 0. The second-order valence-electron chi connectivity index (χ2n) is 5.65. The van der Waals surface area contributed by atoms with Gasteiger partial charge in [0, 0.05) is 6.42 Å². The summed E-state index contributed by atoms with van der Waals surface area (Å²) in [7, 11) is 0. The standard InChI is InChI=1S/C20H20S/c1-2-6-18(21)14-15-7-3-10-17(13-15)20-12-5-9-16-8-4-11-19(16)20/h3-5,7-10,12-13H,2,6,11,14H2,1H3. The summed E-state index contributed by atoms with van der Waals surface area (Å²) < 4.78 is 0. The summed E-state index contributed by atoms with van der Waals surface area (Å²) >= 11 is 5.46. The first-order valence-electron chi connectivity index (χ1n) is 7.67. The largest absolute Gasteiger partial charge is 0.0893 e. The van der Waals surface area contributed by atoms with Crippen LogP contribution >= 0.6 is 12.2 Å². The van der Waals surface area contributed by atoms with E-state index in [9.17, 15) is 0 Å². The van der Waals surface area contributed by atoms with E-state index in [-0.39, 0.29) is 0 Å². The van der Waals surface area contributed by atoms with Crippen LogP contribution in [-0.2, 0) is 12.8 Å². The molecular weight excluding hydrogens is 272 g/mol. The number of rotatable bonds is 5. The van der Waals surface area contributed by atoms with Crippen molar-refractivity contribution in [2.45, 2.75) is 32.6 Å². The van der Waals surface area contributed by atoms with Gasteiger partial charge in [-0.25, -0.2) is 0 Å². The lowest BCUT2D eigenvalue weighted by Crippen LogP contribution is -1.99. The van der Waals surface area contributed by atoms with Gasteiger partial charge in [0.05, 0.1) is 0 Å². The molecule has 0 aliphatic heterocycles. The predicted molar refractivity (Wildman–Crippen MR) is 95.8 cm³/mol. The van der Waals surface area contributed by atoms with Crippen LogP contribution < -0.4 is 0 Å². The second kappa shape index (κ2) is 6.36. The van der Waals surface area contributed by atoms with Crippen LogP contribution in [0.1, 0.15) is 36.5 Å². The van der Waals surface area contributed by atoms with Crippen LogP contribution in [0.15, 0.2) is 48.5 Å². The van der Waals surface area contributed by atoms with Gasteiger partial charge in [-0.2, -0.15) is 0 Å². The fourth-order valence-electron chi connectivity index (χ4n) is 3.01. The lowest BCUT2D eigenvalue weighted by Gasteiger charge is -2.11. The van der Waals surface area contributed by atoms with Crippen molar-refractivity contribution in [3.8, 4) is 11.1 Å². The molecular formula is C20H20S. The van der Waals surface area contributed by atoms with Gasteiger partial charge in [0.25, 0.3) is 0 Å². The number of hydrogen-bond acceptors (Lipinski definition) is 1. The molecule has 0 unspecified atom stereocenters. The molecule has 0 spiro atoms. The maximum atomic E-state index is 5.46. The zero-order valence-corrected chi connectivity index (χ0v) is 13.2. The summed E-state index contributed by atoms with van der Waals surface area (Å²) in [6, 6.07) is 15.4. The molecule has 0 atom stereocenters. The molecule has 1 aliphatic carbocycles. The quantitative estimate of drug-likeness (QED) is 0.643. The summed E-state index contributed by atoms with van der Waals surface area (Å²) in [4.78, 5) is 1.16. The molecule has 1 aliphatic rings. The van der Waals surface area contributed by atoms with Crippen molar-refractivity contribution in [2.24, 2.45) is 0 Å². The Bertz CT molecular complexity index is 695. The summed E-state index contributed by atoms with van der Waals surface area (Å²) in [6.45, 7) is 2.18. The third-order valence-electron chi connectivity index (χ3n) is 4.00. The highest BCUT2D eigenvalue weighted by Crippen LogP contribution is 2.31. The Kier molecular flexibility index (Phi) is 4.31. The molecule has 0 saturated carbocycles. The number of allylic oxidation sites excluding steroid dienone is 1. The van der Waals surface area contributed by atoms with Gasteiger partial charge in [0.1, 0.15) is 0 Å². The Labute approximate surface area is 132 Å². The highest BCUT2D eigenvalue weighted by Gasteiger charge is 2.11. The molecule has 3 rings (SSSR count). The maximum Gasteiger partial charge on any atom is 0.00384 e. The van der Waals surface area contributed by atoms with Crippen LogP contribution in [0.5, 0.6) is 0 Å². The van der Waals surface area contributed by atoms with E-state index in [0.29, 0.717) is 0 Å². The van der Waals surface area contributed by atoms with Gasteiger partial charge in [0.15, 0.2) is 0 Å². The molecule has 0 radical (unpaired) electrons. The first-order chi connectivity index (χ1) is 10.3. The van der Waals surface area contributed by atoms with Crippen LogP contribution in [0.2, 0.25) is 0 Å². The minimum atomic E-state index is 0.921. The average Bonchev–Trinajstić information content (AvgIpc) is 2.96. The van der Waals surface area contributed by atoms with E-state index in [1.165, 1.54) is 27.8 Å². The van der Waals surface area contributed by atoms with Crippen molar-refractivity contribution < 1.29 is 0 Å². The van der Waals surface area contributed by atoms with Gasteiger partial charge in [-0.15, -0.1) is 0 Å². The van der Waals surface area contributed by atoms with Crippen LogP contribution in [0.3, 0.4) is 0 Å². The average molecular weight is 292 g/mol. The van der Waals surface area contributed by atoms with Crippen molar-refractivity contribution in [1.82, 2.24) is 0 Å². The molecule has 21 heavy (non-hydrogen) atoms. The topological polar surface area (TPSA) is 0 Å². The van der Waals surface area contributed by atoms with Crippen LogP contribution in [0.25, 0.3) is 17.2 Å². The van der Waals surface area contributed by atoms with Crippen LogP contribution in [0, 0.1) is 0 Å². The van der Waals surface area contributed by atoms with E-state index in [1.54, 1.807) is 0 Å². The van der Waals surface area contributed by atoms with Crippen molar-refractivity contribution in [1.29, 1.82) is 0 Å². The summed E-state index contributed by atoms with van der Waals surface area (Å²) in [5, 5.41) is 0. The zero-order valence-electron chi connectivity index (χ0n) is 12.4. The lowest BCUT2D eigenvalue weighted by atomic mass is 9.94. The summed E-state index contributed by atoms with van der Waals surface area (Å²) in [6.07, 6.45) is 8.61. The minimum absolute atomic E-state index is 0.921. The molecule has 1 heteroatoms. The first kappa shape index (κ1) is 14.2. The van der Waals surface area contributed by atoms with E-state index in [2.05, 4.69) is 61.5 Å². The Balaban J connectivity index is 1.90. The van der Waals surface area contributed by atoms with E-state index in [0.717, 1.165) is 30.5 Å². The van der Waals surface area contributed by atoms with Gasteiger partial charge >= 0.3 is 0 Å². The van der Waals surface area contributed by atoms with Crippen LogP contribution in [-0.4, -0.2) is 4.86 Å². The Hall–Kier alpha value is -1.73. The van der Waals surface area contributed by atoms with Crippen molar-refractivity contribution in [3.05, 3.63) is 65.2 Å². The molecule has 0 heterocycles. The smallest absolute Gasteiger partial charge is 0.00384 e. The molecule has 0 N–H and O–H groups in total. The second-order valence-corrected chi connectivity index (χ2v) is 6.22. The third kappa shape index (κ3) is 3.14. The molecule has 2 aromatic carbocycles. The first-order valence-corrected chi connectivity index (χ1v) is 8.08. The Morgan fingerprint density at radius 2 is 2.00 bits per heavy atom. The fraction of sp³-hybridized carbons (Fsp3) is 0.250. The van der Waals surface area contributed by atoms with Gasteiger partial charge in [-0.1, -0.05) is 80.2 Å². The van der Waals surface area contributed by atoms with Crippen LogP contribution in [0.4, 0.5) is 0 Å². The molecule has 0 fully saturated rings. The molecule has 0 bridgehead atoms. The Morgan fingerprint density at radius 3 is 2.86 bits per heavy atom. The highest BCUT2D eigenvalue weighted by molar-refractivity contribution is 7.80. The molecule has 0 aromatic heterocycles. The summed E-state index contributed by atoms with van der Waals surface area (Å²) in [5.41, 5.74) is 6.81. The normalized spacial score (nSPS) is 12.4. The maximum absolute atomic E-state index is 5.46. The number of fused-ring (bicyclic) bond motifs is 1. The SMILES string of the molecule is CCCC(=S)Cc1cccc(-c2cccc3c2CC=C3)c1. The van der Waals surface area contributed by atoms with E-state index < -0.39 is 0 Å². The van der Waals surface area contributed by atoms with E-state index in [4.69, 9.17) is 12.2 Å². The molecule has 106 valence electrons. The molecule has 0 saturated heterocycles. The van der Waals surface area contributed by atoms with Gasteiger partial charge < -0.3 is 0 Å². The molecule has 0 amide bonds. The highest BCUT2D eigenvalue weighted by atomic mass is 32.1. The van der Waals surface area contributed by atoms with Crippen molar-refractivity contribution in [3.63, 3.8) is 0 Å². The third-order valence-corrected chi connectivity index (χ3v) is 4.35. The molecule has 2 aromatic rings. The monoisotopic (exact) mass is 292 g/mol. The Morgan fingerprint density at radius 1 is 1.14 bits per heavy atom. The summed E-state index contributed by atoms with van der Waals surface area (Å²) in [5.74, 6) is 0. The lowest BCUT2D eigenvalue weighted by molar-refractivity contribution is 0.989. The number of benzene rings is 2. The van der Waals surface area contributed by atoms with Crippen molar-refractivity contribution in [2.75, 3.05) is 0 Å². The van der Waals surface area contributed by atoms with Gasteiger partial charge in [0.2, 0.25) is 0 Å². The van der Waals surface area contributed by atoms with E-state index >= 15 is 0 Å². The molecule has 0 nitrogen and oxygen atoms in total.